The molecule has 2 rings (SSSR count). The lowest BCUT2D eigenvalue weighted by atomic mass is 9.94. The number of halogens is 1. The zero-order valence-corrected chi connectivity index (χ0v) is 13.2. The summed E-state index contributed by atoms with van der Waals surface area (Å²) in [6.07, 6.45) is 3.82. The molecule has 1 aliphatic rings. The average Bonchev–Trinajstić information content (AvgIpc) is 2.42. The Morgan fingerprint density at radius 3 is 2.70 bits per heavy atom. The lowest BCUT2D eigenvalue weighted by Crippen LogP contribution is -2.35. The van der Waals surface area contributed by atoms with Gasteiger partial charge in [-0.2, -0.15) is 0 Å². The number of hydrogen-bond donors (Lipinski definition) is 1. The van der Waals surface area contributed by atoms with Gasteiger partial charge >= 0.3 is 0 Å². The van der Waals surface area contributed by atoms with E-state index in [-0.39, 0.29) is 12.4 Å². The highest BCUT2D eigenvalue weighted by atomic mass is 35.5. The molecule has 3 nitrogen and oxygen atoms in total. The van der Waals surface area contributed by atoms with Gasteiger partial charge in [0.1, 0.15) is 5.75 Å². The number of nitrogens with zero attached hydrogens (tertiary/aromatic N) is 1. The van der Waals surface area contributed by atoms with Gasteiger partial charge in [0.05, 0.1) is 6.61 Å². The summed E-state index contributed by atoms with van der Waals surface area (Å²) in [6.45, 7) is 7.03. The maximum absolute atomic E-state index is 5.67. The van der Waals surface area contributed by atoms with Crippen molar-refractivity contribution in [3.63, 3.8) is 0 Å². The summed E-state index contributed by atoms with van der Waals surface area (Å²) in [5, 5.41) is 0. The molecule has 1 unspecified atom stereocenters. The van der Waals surface area contributed by atoms with E-state index in [2.05, 4.69) is 29.2 Å². The molecule has 1 aromatic carbocycles. The normalized spacial score (nSPS) is 19.4. The van der Waals surface area contributed by atoms with E-state index in [0.717, 1.165) is 31.4 Å². The van der Waals surface area contributed by atoms with Crippen molar-refractivity contribution in [2.45, 2.75) is 32.7 Å². The van der Waals surface area contributed by atoms with Crippen molar-refractivity contribution in [1.29, 1.82) is 0 Å². The van der Waals surface area contributed by atoms with Crippen LogP contribution in [0, 0.1) is 5.92 Å². The van der Waals surface area contributed by atoms with Gasteiger partial charge in [0.25, 0.3) is 0 Å². The fraction of sp³-hybridized carbons (Fsp3) is 0.625. The van der Waals surface area contributed by atoms with Gasteiger partial charge in [0.15, 0.2) is 0 Å². The molecule has 1 aliphatic heterocycles. The smallest absolute Gasteiger partial charge is 0.119 e. The van der Waals surface area contributed by atoms with E-state index in [1.54, 1.807) is 0 Å². The largest absolute Gasteiger partial charge is 0.494 e. The van der Waals surface area contributed by atoms with Crippen molar-refractivity contribution < 1.29 is 4.74 Å². The van der Waals surface area contributed by atoms with Crippen LogP contribution >= 0.6 is 12.4 Å². The van der Waals surface area contributed by atoms with E-state index in [4.69, 9.17) is 10.5 Å². The number of benzene rings is 1. The summed E-state index contributed by atoms with van der Waals surface area (Å²) >= 11 is 0. The molecule has 0 bridgehead atoms. The van der Waals surface area contributed by atoms with Crippen LogP contribution in [0.25, 0.3) is 0 Å². The Bertz CT molecular complexity index is 367. The highest BCUT2D eigenvalue weighted by Crippen LogP contribution is 2.21. The molecular formula is C16H27ClN2O. The highest BCUT2D eigenvalue weighted by Gasteiger charge is 2.19. The molecule has 20 heavy (non-hydrogen) atoms. The van der Waals surface area contributed by atoms with Gasteiger partial charge in [-0.05, 0) is 62.9 Å². The van der Waals surface area contributed by atoms with Crippen LogP contribution in [0.2, 0.25) is 0 Å². The van der Waals surface area contributed by atoms with Gasteiger partial charge in [0.2, 0.25) is 0 Å². The molecule has 114 valence electrons. The molecule has 1 heterocycles. The van der Waals surface area contributed by atoms with E-state index < -0.39 is 0 Å². The SMILES string of the molecule is CCOc1ccc(CN2CCCC(CCN)C2)cc1.Cl. The van der Waals surface area contributed by atoms with Crippen molar-refractivity contribution in [3.05, 3.63) is 29.8 Å². The van der Waals surface area contributed by atoms with Crippen LogP contribution in [0.15, 0.2) is 24.3 Å². The third kappa shape index (κ3) is 5.31. The first kappa shape index (κ1) is 17.3. The number of likely N-dealkylation sites (tertiary alicyclic amines) is 1. The molecule has 1 fully saturated rings. The molecular weight excluding hydrogens is 272 g/mol. The van der Waals surface area contributed by atoms with Gasteiger partial charge in [0, 0.05) is 13.1 Å². The summed E-state index contributed by atoms with van der Waals surface area (Å²) in [6, 6.07) is 8.50. The minimum absolute atomic E-state index is 0. The summed E-state index contributed by atoms with van der Waals surface area (Å²) in [5.74, 6) is 1.76. The lowest BCUT2D eigenvalue weighted by molar-refractivity contribution is 0.163. The standard InChI is InChI=1S/C16H26N2O.ClH/c1-2-19-16-7-5-15(6-8-16)13-18-11-3-4-14(12-18)9-10-17;/h5-8,14H,2-4,9-13,17H2,1H3;1H. The number of rotatable bonds is 6. The first-order valence-corrected chi connectivity index (χ1v) is 7.46. The number of ether oxygens (including phenoxy) is 1. The molecule has 0 saturated carbocycles. The molecule has 1 saturated heterocycles. The van der Waals surface area contributed by atoms with Crippen LogP contribution in [0.5, 0.6) is 5.75 Å². The van der Waals surface area contributed by atoms with Crippen LogP contribution in [-0.4, -0.2) is 31.1 Å². The Hall–Kier alpha value is -0.770. The maximum atomic E-state index is 5.67. The lowest BCUT2D eigenvalue weighted by Gasteiger charge is -2.32. The average molecular weight is 299 g/mol. The van der Waals surface area contributed by atoms with E-state index in [1.807, 2.05) is 6.92 Å². The Kier molecular flexibility index (Phi) is 7.97. The van der Waals surface area contributed by atoms with Crippen LogP contribution < -0.4 is 10.5 Å². The first-order chi connectivity index (χ1) is 9.31. The van der Waals surface area contributed by atoms with Crippen LogP contribution in [0.4, 0.5) is 0 Å². The first-order valence-electron chi connectivity index (χ1n) is 7.46. The second-order valence-corrected chi connectivity index (χ2v) is 5.40. The summed E-state index contributed by atoms with van der Waals surface area (Å²) < 4.78 is 5.47. The minimum Gasteiger partial charge on any atom is -0.494 e. The zero-order valence-electron chi connectivity index (χ0n) is 12.4. The van der Waals surface area contributed by atoms with Crippen molar-refractivity contribution in [2.75, 3.05) is 26.2 Å². The fourth-order valence-electron chi connectivity index (χ4n) is 2.88. The monoisotopic (exact) mass is 298 g/mol. The Balaban J connectivity index is 0.00000200. The quantitative estimate of drug-likeness (QED) is 0.877. The van der Waals surface area contributed by atoms with Crippen LogP contribution in [0.1, 0.15) is 31.7 Å². The maximum Gasteiger partial charge on any atom is 0.119 e. The number of nitrogens with two attached hydrogens (primary N) is 1. The van der Waals surface area contributed by atoms with Crippen molar-refractivity contribution in [1.82, 2.24) is 4.90 Å². The number of hydrogen-bond acceptors (Lipinski definition) is 3. The number of piperidine rings is 1. The molecule has 0 aliphatic carbocycles. The van der Waals surface area contributed by atoms with E-state index in [1.165, 1.54) is 37.9 Å². The van der Waals surface area contributed by atoms with Crippen molar-refractivity contribution in [3.8, 4) is 5.75 Å². The van der Waals surface area contributed by atoms with E-state index >= 15 is 0 Å². The van der Waals surface area contributed by atoms with Gasteiger partial charge in [-0.15, -0.1) is 12.4 Å². The Morgan fingerprint density at radius 2 is 2.05 bits per heavy atom. The highest BCUT2D eigenvalue weighted by molar-refractivity contribution is 5.85. The van der Waals surface area contributed by atoms with Gasteiger partial charge in [-0.3, -0.25) is 4.90 Å². The summed E-state index contributed by atoms with van der Waals surface area (Å²) in [7, 11) is 0. The van der Waals surface area contributed by atoms with E-state index in [9.17, 15) is 0 Å². The molecule has 0 spiro atoms. The Morgan fingerprint density at radius 1 is 1.30 bits per heavy atom. The summed E-state index contributed by atoms with van der Waals surface area (Å²) in [4.78, 5) is 2.56. The van der Waals surface area contributed by atoms with Crippen molar-refractivity contribution >= 4 is 12.4 Å². The predicted molar refractivity (Wildman–Crippen MR) is 86.5 cm³/mol. The molecule has 2 N–H and O–H groups in total. The predicted octanol–water partition coefficient (Wildman–Crippen LogP) is 3.07. The molecule has 0 radical (unpaired) electrons. The third-order valence-corrected chi connectivity index (χ3v) is 3.82. The van der Waals surface area contributed by atoms with E-state index in [0.29, 0.717) is 0 Å². The molecule has 1 atom stereocenters. The van der Waals surface area contributed by atoms with Gasteiger partial charge < -0.3 is 10.5 Å². The second-order valence-electron chi connectivity index (χ2n) is 5.40. The Labute approximate surface area is 128 Å². The molecule has 1 aromatic rings. The third-order valence-electron chi connectivity index (χ3n) is 3.82. The van der Waals surface area contributed by atoms with Crippen LogP contribution in [0.3, 0.4) is 0 Å². The topological polar surface area (TPSA) is 38.5 Å². The van der Waals surface area contributed by atoms with Crippen molar-refractivity contribution in [2.24, 2.45) is 11.7 Å². The second kappa shape index (κ2) is 9.22. The molecule has 4 heteroatoms. The summed E-state index contributed by atoms with van der Waals surface area (Å²) in [5.41, 5.74) is 7.04. The fourth-order valence-corrected chi connectivity index (χ4v) is 2.88. The van der Waals surface area contributed by atoms with Gasteiger partial charge in [-0.25, -0.2) is 0 Å². The molecule has 0 aromatic heterocycles. The molecule has 0 amide bonds. The zero-order chi connectivity index (χ0) is 13.5. The van der Waals surface area contributed by atoms with Gasteiger partial charge in [-0.1, -0.05) is 12.1 Å². The van der Waals surface area contributed by atoms with Crippen LogP contribution in [-0.2, 0) is 6.54 Å². The minimum atomic E-state index is 0.